The lowest BCUT2D eigenvalue weighted by atomic mass is 10.2. The molecular weight excluding hydrogens is 238 g/mol. The maximum absolute atomic E-state index is 5.66. The summed E-state index contributed by atoms with van der Waals surface area (Å²) in [6.07, 6.45) is 1.84. The molecule has 0 aliphatic heterocycles. The monoisotopic (exact) mass is 259 g/mol. The number of hydrogen-bond acceptors (Lipinski definition) is 3. The van der Waals surface area contributed by atoms with Crippen LogP contribution >= 0.6 is 0 Å². The molecule has 3 nitrogen and oxygen atoms in total. The molecule has 2 aromatic rings. The smallest absolute Gasteiger partial charge is 0.197 e. The van der Waals surface area contributed by atoms with Crippen LogP contribution in [0.5, 0.6) is 5.75 Å². The molecule has 0 fully saturated rings. The minimum absolute atomic E-state index is 0.341. The Bertz CT molecular complexity index is 503. The Morgan fingerprint density at radius 1 is 1.21 bits per heavy atom. The Labute approximate surface area is 114 Å². The van der Waals surface area contributed by atoms with E-state index in [9.17, 15) is 0 Å². The summed E-state index contributed by atoms with van der Waals surface area (Å²) in [5, 5.41) is 0. The number of aryl methyl sites for hydroxylation is 2. The summed E-state index contributed by atoms with van der Waals surface area (Å²) in [7, 11) is 0. The van der Waals surface area contributed by atoms with Gasteiger partial charge in [-0.3, -0.25) is 0 Å². The fourth-order valence-corrected chi connectivity index (χ4v) is 1.88. The molecule has 1 aromatic heterocycles. The van der Waals surface area contributed by atoms with E-state index in [1.807, 2.05) is 37.3 Å². The molecule has 1 heterocycles. The molecule has 3 heteroatoms. The van der Waals surface area contributed by atoms with E-state index in [-0.39, 0.29) is 0 Å². The number of rotatable bonds is 6. The van der Waals surface area contributed by atoms with Crippen LogP contribution in [0.15, 0.2) is 34.7 Å². The minimum atomic E-state index is 0.341. The Morgan fingerprint density at radius 2 is 1.95 bits per heavy atom. The van der Waals surface area contributed by atoms with Gasteiger partial charge in [0.15, 0.2) is 5.89 Å². The van der Waals surface area contributed by atoms with Gasteiger partial charge in [0, 0.05) is 5.92 Å². The van der Waals surface area contributed by atoms with Crippen LogP contribution in [0.1, 0.15) is 43.5 Å². The van der Waals surface area contributed by atoms with Gasteiger partial charge in [0.1, 0.15) is 11.5 Å². The molecule has 19 heavy (non-hydrogen) atoms. The molecule has 0 bridgehead atoms. The lowest BCUT2D eigenvalue weighted by molar-refractivity contribution is 0.310. The number of para-hydroxylation sites is 1. The highest BCUT2D eigenvalue weighted by molar-refractivity contribution is 5.20. The third-order valence-corrected chi connectivity index (χ3v) is 2.97. The zero-order valence-electron chi connectivity index (χ0n) is 11.8. The standard InChI is InChI=1S/C16H21NO2/c1-12(2)16-17-15(13(3)19-16)10-7-11-18-14-8-5-4-6-9-14/h4-6,8-9,12H,7,10-11H2,1-3H3. The van der Waals surface area contributed by atoms with Crippen LogP contribution < -0.4 is 4.74 Å². The topological polar surface area (TPSA) is 35.3 Å². The van der Waals surface area contributed by atoms with Crippen molar-refractivity contribution in [1.29, 1.82) is 0 Å². The molecular formula is C16H21NO2. The SMILES string of the molecule is Cc1oc(C(C)C)nc1CCCOc1ccccc1. The molecule has 0 unspecified atom stereocenters. The van der Waals surface area contributed by atoms with Crippen molar-refractivity contribution in [2.75, 3.05) is 6.61 Å². The normalized spacial score (nSPS) is 10.9. The van der Waals surface area contributed by atoms with Crippen molar-refractivity contribution >= 4 is 0 Å². The van der Waals surface area contributed by atoms with Gasteiger partial charge in [0.2, 0.25) is 0 Å². The summed E-state index contributed by atoms with van der Waals surface area (Å²) < 4.78 is 11.3. The van der Waals surface area contributed by atoms with E-state index < -0.39 is 0 Å². The summed E-state index contributed by atoms with van der Waals surface area (Å²) in [6.45, 7) is 6.86. The summed E-state index contributed by atoms with van der Waals surface area (Å²) in [5.41, 5.74) is 1.06. The molecule has 0 N–H and O–H groups in total. The minimum Gasteiger partial charge on any atom is -0.494 e. The highest BCUT2D eigenvalue weighted by Gasteiger charge is 2.11. The predicted octanol–water partition coefficient (Wildman–Crippen LogP) is 4.12. The summed E-state index contributed by atoms with van der Waals surface area (Å²) >= 11 is 0. The first-order valence-electron chi connectivity index (χ1n) is 6.81. The first kappa shape index (κ1) is 13.7. The largest absolute Gasteiger partial charge is 0.494 e. The van der Waals surface area contributed by atoms with Crippen molar-refractivity contribution in [3.63, 3.8) is 0 Å². The van der Waals surface area contributed by atoms with Gasteiger partial charge in [-0.1, -0.05) is 32.0 Å². The van der Waals surface area contributed by atoms with Crippen LogP contribution in [0.3, 0.4) is 0 Å². The Hall–Kier alpha value is -1.77. The van der Waals surface area contributed by atoms with E-state index in [1.54, 1.807) is 0 Å². The van der Waals surface area contributed by atoms with Crippen molar-refractivity contribution in [3.05, 3.63) is 47.7 Å². The van der Waals surface area contributed by atoms with Crippen LogP contribution in [0.2, 0.25) is 0 Å². The fraction of sp³-hybridized carbons (Fsp3) is 0.438. The fourth-order valence-electron chi connectivity index (χ4n) is 1.88. The zero-order chi connectivity index (χ0) is 13.7. The van der Waals surface area contributed by atoms with Crippen molar-refractivity contribution in [2.24, 2.45) is 0 Å². The predicted molar refractivity (Wildman–Crippen MR) is 75.6 cm³/mol. The molecule has 1 aromatic carbocycles. The van der Waals surface area contributed by atoms with Crippen LogP contribution in [0, 0.1) is 6.92 Å². The van der Waals surface area contributed by atoms with Crippen LogP contribution in [0.4, 0.5) is 0 Å². The molecule has 0 aliphatic rings. The Morgan fingerprint density at radius 3 is 2.58 bits per heavy atom. The summed E-state index contributed by atoms with van der Waals surface area (Å²) in [5.74, 6) is 3.02. The second-order valence-corrected chi connectivity index (χ2v) is 4.97. The van der Waals surface area contributed by atoms with Gasteiger partial charge in [-0.25, -0.2) is 4.98 Å². The van der Waals surface area contributed by atoms with E-state index in [0.717, 1.165) is 35.9 Å². The van der Waals surface area contributed by atoms with E-state index >= 15 is 0 Å². The molecule has 0 saturated carbocycles. The van der Waals surface area contributed by atoms with Gasteiger partial charge < -0.3 is 9.15 Å². The van der Waals surface area contributed by atoms with Crippen molar-refractivity contribution in [2.45, 2.75) is 39.5 Å². The van der Waals surface area contributed by atoms with Gasteiger partial charge >= 0.3 is 0 Å². The number of aromatic nitrogens is 1. The molecule has 0 amide bonds. The maximum Gasteiger partial charge on any atom is 0.197 e. The number of nitrogens with zero attached hydrogens (tertiary/aromatic N) is 1. The summed E-state index contributed by atoms with van der Waals surface area (Å²) in [4.78, 5) is 4.53. The molecule has 0 saturated heterocycles. The average molecular weight is 259 g/mol. The molecule has 0 aliphatic carbocycles. The van der Waals surface area contributed by atoms with Crippen LogP contribution in [0.25, 0.3) is 0 Å². The van der Waals surface area contributed by atoms with E-state index in [4.69, 9.17) is 9.15 Å². The molecule has 2 rings (SSSR count). The summed E-state index contributed by atoms with van der Waals surface area (Å²) in [6, 6.07) is 9.88. The number of benzene rings is 1. The van der Waals surface area contributed by atoms with Gasteiger partial charge in [-0.05, 0) is 31.9 Å². The second-order valence-electron chi connectivity index (χ2n) is 4.97. The molecule has 0 atom stereocenters. The average Bonchev–Trinajstić information content (AvgIpc) is 2.78. The van der Waals surface area contributed by atoms with Gasteiger partial charge in [-0.2, -0.15) is 0 Å². The number of oxazole rings is 1. The lowest BCUT2D eigenvalue weighted by Crippen LogP contribution is -2.00. The lowest BCUT2D eigenvalue weighted by Gasteiger charge is -2.04. The first-order chi connectivity index (χ1) is 9.16. The van der Waals surface area contributed by atoms with Crippen molar-refractivity contribution in [1.82, 2.24) is 4.98 Å². The quantitative estimate of drug-likeness (QED) is 0.732. The zero-order valence-corrected chi connectivity index (χ0v) is 11.8. The highest BCUT2D eigenvalue weighted by atomic mass is 16.5. The second kappa shape index (κ2) is 6.41. The number of ether oxygens (including phenoxy) is 1. The molecule has 0 radical (unpaired) electrons. The molecule has 102 valence electrons. The van der Waals surface area contributed by atoms with Gasteiger partial charge in [0.05, 0.1) is 12.3 Å². The Balaban J connectivity index is 1.80. The Kier molecular flexibility index (Phi) is 4.61. The number of hydrogen-bond donors (Lipinski definition) is 0. The van der Waals surface area contributed by atoms with Crippen LogP contribution in [-0.2, 0) is 6.42 Å². The van der Waals surface area contributed by atoms with Crippen LogP contribution in [-0.4, -0.2) is 11.6 Å². The van der Waals surface area contributed by atoms with E-state index in [2.05, 4.69) is 18.8 Å². The first-order valence-corrected chi connectivity index (χ1v) is 6.81. The third kappa shape index (κ3) is 3.85. The van der Waals surface area contributed by atoms with Gasteiger partial charge in [0.25, 0.3) is 0 Å². The highest BCUT2D eigenvalue weighted by Crippen LogP contribution is 2.18. The molecule has 0 spiro atoms. The van der Waals surface area contributed by atoms with Crippen molar-refractivity contribution < 1.29 is 9.15 Å². The van der Waals surface area contributed by atoms with E-state index in [1.165, 1.54) is 0 Å². The van der Waals surface area contributed by atoms with Crippen molar-refractivity contribution in [3.8, 4) is 5.75 Å². The third-order valence-electron chi connectivity index (χ3n) is 2.97. The van der Waals surface area contributed by atoms with Gasteiger partial charge in [-0.15, -0.1) is 0 Å². The maximum atomic E-state index is 5.66. The van der Waals surface area contributed by atoms with E-state index in [0.29, 0.717) is 12.5 Å².